The molecule has 144 valence electrons. The SMILES string of the molecule is CCC(=S)Nc1cccc(OC(=O)N(CCOC)c2ccc(OC)cc2)c1. The molecule has 0 bridgehead atoms. The van der Waals surface area contributed by atoms with Crippen molar-refractivity contribution < 1.29 is 19.0 Å². The highest BCUT2D eigenvalue weighted by Crippen LogP contribution is 2.22. The van der Waals surface area contributed by atoms with E-state index in [9.17, 15) is 4.79 Å². The van der Waals surface area contributed by atoms with Crippen molar-refractivity contribution in [2.75, 3.05) is 37.6 Å². The Bertz CT molecular complexity index is 765. The van der Waals surface area contributed by atoms with Crippen molar-refractivity contribution in [3.8, 4) is 11.5 Å². The van der Waals surface area contributed by atoms with Gasteiger partial charge in [-0.1, -0.05) is 25.2 Å². The van der Waals surface area contributed by atoms with Crippen LogP contribution < -0.4 is 19.7 Å². The van der Waals surface area contributed by atoms with Gasteiger partial charge in [-0.15, -0.1) is 0 Å². The molecule has 2 aromatic carbocycles. The molecule has 0 saturated carbocycles. The Morgan fingerprint density at radius 2 is 1.85 bits per heavy atom. The third-order valence-electron chi connectivity index (χ3n) is 3.77. The van der Waals surface area contributed by atoms with E-state index in [1.54, 1.807) is 56.7 Å². The van der Waals surface area contributed by atoms with Gasteiger partial charge >= 0.3 is 6.09 Å². The predicted octanol–water partition coefficient (Wildman–Crippen LogP) is 4.50. The molecule has 0 aromatic heterocycles. The Morgan fingerprint density at radius 3 is 2.48 bits per heavy atom. The minimum Gasteiger partial charge on any atom is -0.497 e. The van der Waals surface area contributed by atoms with Crippen LogP contribution in [0.2, 0.25) is 0 Å². The predicted molar refractivity (Wildman–Crippen MR) is 111 cm³/mol. The lowest BCUT2D eigenvalue weighted by Crippen LogP contribution is -2.36. The minimum absolute atomic E-state index is 0.361. The summed E-state index contributed by atoms with van der Waals surface area (Å²) in [5.74, 6) is 1.14. The average Bonchev–Trinajstić information content (AvgIpc) is 2.69. The molecule has 7 heteroatoms. The Morgan fingerprint density at radius 1 is 1.11 bits per heavy atom. The van der Waals surface area contributed by atoms with Crippen LogP contribution in [0.1, 0.15) is 13.3 Å². The van der Waals surface area contributed by atoms with Gasteiger partial charge in [0.25, 0.3) is 0 Å². The van der Waals surface area contributed by atoms with Crippen LogP contribution in [0.5, 0.6) is 11.5 Å². The Hall–Kier alpha value is -2.64. The van der Waals surface area contributed by atoms with Gasteiger partial charge in [0.2, 0.25) is 0 Å². The number of ether oxygens (including phenoxy) is 3. The topological polar surface area (TPSA) is 60.0 Å². The summed E-state index contributed by atoms with van der Waals surface area (Å²) in [6.07, 6.45) is 0.245. The van der Waals surface area contributed by atoms with Crippen LogP contribution in [-0.2, 0) is 4.74 Å². The summed E-state index contributed by atoms with van der Waals surface area (Å²) in [7, 11) is 3.18. The average molecular weight is 388 g/mol. The van der Waals surface area contributed by atoms with Gasteiger partial charge < -0.3 is 19.5 Å². The van der Waals surface area contributed by atoms with Crippen LogP contribution in [0.4, 0.5) is 16.2 Å². The largest absolute Gasteiger partial charge is 0.497 e. The normalized spacial score (nSPS) is 10.2. The smallest absolute Gasteiger partial charge is 0.419 e. The zero-order chi connectivity index (χ0) is 19.6. The minimum atomic E-state index is -0.493. The van der Waals surface area contributed by atoms with Gasteiger partial charge in [-0.3, -0.25) is 4.90 Å². The molecular formula is C20H24N2O4S. The molecule has 0 fully saturated rings. The molecule has 0 heterocycles. The molecule has 0 aliphatic rings. The molecule has 0 aliphatic carbocycles. The summed E-state index contributed by atoms with van der Waals surface area (Å²) in [5, 5.41) is 3.11. The molecule has 2 rings (SSSR count). The number of amides is 1. The first-order valence-electron chi connectivity index (χ1n) is 8.59. The van der Waals surface area contributed by atoms with Crippen molar-refractivity contribution in [1.29, 1.82) is 0 Å². The maximum atomic E-state index is 12.7. The zero-order valence-electron chi connectivity index (χ0n) is 15.7. The highest BCUT2D eigenvalue weighted by atomic mass is 32.1. The lowest BCUT2D eigenvalue weighted by Gasteiger charge is -2.22. The molecule has 2 aromatic rings. The van der Waals surface area contributed by atoms with E-state index >= 15 is 0 Å². The first-order valence-corrected chi connectivity index (χ1v) is 9.00. The number of carbonyl (C=O) groups excluding carboxylic acids is 1. The monoisotopic (exact) mass is 388 g/mol. The van der Waals surface area contributed by atoms with E-state index in [0.29, 0.717) is 30.3 Å². The third kappa shape index (κ3) is 6.23. The summed E-state index contributed by atoms with van der Waals surface area (Å²) in [6, 6.07) is 14.3. The highest BCUT2D eigenvalue weighted by molar-refractivity contribution is 7.80. The number of anilines is 2. The zero-order valence-corrected chi connectivity index (χ0v) is 16.5. The fourth-order valence-electron chi connectivity index (χ4n) is 2.31. The standard InChI is InChI=1S/C20H24N2O4S/c1-4-19(27)21-15-6-5-7-18(14-15)26-20(23)22(12-13-24-2)16-8-10-17(25-3)11-9-16/h5-11,14H,4,12-13H2,1-3H3,(H,21,27). The van der Waals surface area contributed by atoms with Gasteiger partial charge in [-0.05, 0) is 42.8 Å². The molecule has 27 heavy (non-hydrogen) atoms. The molecule has 6 nitrogen and oxygen atoms in total. The second kappa shape index (κ2) is 10.5. The summed E-state index contributed by atoms with van der Waals surface area (Å²) < 4.78 is 15.8. The number of hydrogen-bond acceptors (Lipinski definition) is 5. The highest BCUT2D eigenvalue weighted by Gasteiger charge is 2.18. The number of thiocarbonyl (C=S) groups is 1. The number of benzene rings is 2. The molecule has 0 spiro atoms. The van der Waals surface area contributed by atoms with Crippen LogP contribution in [0.15, 0.2) is 48.5 Å². The van der Waals surface area contributed by atoms with Crippen LogP contribution in [0.25, 0.3) is 0 Å². The van der Waals surface area contributed by atoms with Gasteiger partial charge in [0.1, 0.15) is 11.5 Å². The first-order chi connectivity index (χ1) is 13.1. The molecule has 1 N–H and O–H groups in total. The number of carbonyl (C=O) groups is 1. The van der Waals surface area contributed by atoms with Crippen molar-refractivity contribution >= 4 is 34.7 Å². The molecule has 0 saturated heterocycles. The van der Waals surface area contributed by atoms with Crippen LogP contribution in [0.3, 0.4) is 0 Å². The quantitative estimate of drug-likeness (QED) is 0.672. The van der Waals surface area contributed by atoms with Gasteiger partial charge in [0.15, 0.2) is 0 Å². The molecular weight excluding hydrogens is 364 g/mol. The molecule has 1 amide bonds. The van der Waals surface area contributed by atoms with Crippen molar-refractivity contribution in [2.45, 2.75) is 13.3 Å². The van der Waals surface area contributed by atoms with Crippen LogP contribution in [-0.4, -0.2) is 38.5 Å². The summed E-state index contributed by atoms with van der Waals surface area (Å²) in [5.41, 5.74) is 1.47. The Balaban J connectivity index is 2.15. The van der Waals surface area contributed by atoms with Gasteiger partial charge in [0.05, 0.1) is 25.2 Å². The van der Waals surface area contributed by atoms with Gasteiger partial charge in [-0.25, -0.2) is 4.79 Å². The summed E-state index contributed by atoms with van der Waals surface area (Å²) in [4.78, 5) is 15.0. The van der Waals surface area contributed by atoms with E-state index in [1.807, 2.05) is 13.0 Å². The van der Waals surface area contributed by atoms with Crippen molar-refractivity contribution in [2.24, 2.45) is 0 Å². The van der Waals surface area contributed by atoms with E-state index in [4.69, 9.17) is 26.4 Å². The number of methoxy groups -OCH3 is 2. The molecule has 0 aliphatic heterocycles. The second-order valence-electron chi connectivity index (χ2n) is 5.64. The fraction of sp³-hybridized carbons (Fsp3) is 0.300. The number of hydrogen-bond donors (Lipinski definition) is 1. The summed E-state index contributed by atoms with van der Waals surface area (Å²) >= 11 is 5.19. The Kier molecular flexibility index (Phi) is 8.03. The van der Waals surface area contributed by atoms with Crippen molar-refractivity contribution in [1.82, 2.24) is 0 Å². The number of rotatable bonds is 8. The van der Waals surface area contributed by atoms with Crippen LogP contribution in [0, 0.1) is 0 Å². The maximum Gasteiger partial charge on any atom is 0.419 e. The second-order valence-corrected chi connectivity index (χ2v) is 6.13. The lowest BCUT2D eigenvalue weighted by atomic mass is 10.2. The van der Waals surface area contributed by atoms with E-state index in [-0.39, 0.29) is 0 Å². The summed E-state index contributed by atoms with van der Waals surface area (Å²) in [6.45, 7) is 2.72. The Labute approximate surface area is 165 Å². The lowest BCUT2D eigenvalue weighted by molar-refractivity contribution is 0.189. The molecule has 0 radical (unpaired) electrons. The molecule has 0 unspecified atom stereocenters. The first kappa shape index (κ1) is 20.7. The third-order valence-corrected chi connectivity index (χ3v) is 4.16. The van der Waals surface area contributed by atoms with Gasteiger partial charge in [-0.2, -0.15) is 0 Å². The van der Waals surface area contributed by atoms with E-state index in [1.165, 1.54) is 4.90 Å². The number of nitrogens with zero attached hydrogens (tertiary/aromatic N) is 1. The fourth-order valence-corrected chi connectivity index (χ4v) is 2.43. The van der Waals surface area contributed by atoms with Crippen molar-refractivity contribution in [3.63, 3.8) is 0 Å². The van der Waals surface area contributed by atoms with Gasteiger partial charge in [0, 0.05) is 24.6 Å². The van der Waals surface area contributed by atoms with E-state index < -0.39 is 6.09 Å². The van der Waals surface area contributed by atoms with Crippen LogP contribution >= 0.6 is 12.2 Å². The van der Waals surface area contributed by atoms with Crippen molar-refractivity contribution in [3.05, 3.63) is 48.5 Å². The maximum absolute atomic E-state index is 12.7. The molecule has 0 atom stereocenters. The van der Waals surface area contributed by atoms with E-state index in [2.05, 4.69) is 5.32 Å². The number of nitrogens with one attached hydrogen (secondary N) is 1. The van der Waals surface area contributed by atoms with E-state index in [0.717, 1.165) is 17.1 Å².